The first-order valence-corrected chi connectivity index (χ1v) is 9.48. The van der Waals surface area contributed by atoms with Gasteiger partial charge in [-0.3, -0.25) is 9.59 Å². The van der Waals surface area contributed by atoms with Crippen LogP contribution < -0.4 is 4.90 Å². The van der Waals surface area contributed by atoms with Crippen LogP contribution in [0.25, 0.3) is 10.9 Å². The summed E-state index contributed by atoms with van der Waals surface area (Å²) in [4.78, 5) is 27.0. The van der Waals surface area contributed by atoms with Crippen LogP contribution in [0.1, 0.15) is 31.7 Å². The highest BCUT2D eigenvalue weighted by Crippen LogP contribution is 2.37. The van der Waals surface area contributed by atoms with Crippen molar-refractivity contribution in [2.45, 2.75) is 39.2 Å². The van der Waals surface area contributed by atoms with Crippen molar-refractivity contribution in [2.24, 2.45) is 5.41 Å². The number of nitrogens with zero attached hydrogens (tertiary/aromatic N) is 2. The molecule has 0 aliphatic carbocycles. The highest BCUT2D eigenvalue weighted by Gasteiger charge is 2.48. The van der Waals surface area contributed by atoms with Crippen molar-refractivity contribution in [3.63, 3.8) is 0 Å². The van der Waals surface area contributed by atoms with Crippen molar-refractivity contribution >= 4 is 40.8 Å². The van der Waals surface area contributed by atoms with E-state index in [1.165, 1.54) is 0 Å². The number of aliphatic hydroxyl groups excluding tert-OH is 1. The number of carboxylic acids is 1. The second-order valence-corrected chi connectivity index (χ2v) is 7.44. The highest BCUT2D eigenvalue weighted by molar-refractivity contribution is 6.31. The molecule has 0 bridgehead atoms. The lowest BCUT2D eigenvalue weighted by molar-refractivity contribution is -0.158. The van der Waals surface area contributed by atoms with Gasteiger partial charge in [0.1, 0.15) is 11.2 Å². The number of pyridine rings is 1. The Bertz CT molecular complexity index is 860. The number of aryl methyl sites for hydroxylation is 1. The molecular formula is C20H25ClN2O5. The first kappa shape index (κ1) is 21.9. The van der Waals surface area contributed by atoms with Crippen LogP contribution in [-0.2, 0) is 9.59 Å². The Morgan fingerprint density at radius 2 is 2.11 bits per heavy atom. The quantitative estimate of drug-likeness (QED) is 0.665. The number of hydrogen-bond donors (Lipinski definition) is 3. The van der Waals surface area contributed by atoms with Crippen LogP contribution in [0, 0.1) is 12.3 Å². The smallest absolute Gasteiger partial charge is 0.314 e. The van der Waals surface area contributed by atoms with E-state index < -0.39 is 17.5 Å². The van der Waals surface area contributed by atoms with Gasteiger partial charge in [0.25, 0.3) is 6.47 Å². The minimum absolute atomic E-state index is 0.250. The van der Waals surface area contributed by atoms with Crippen LogP contribution in [0.15, 0.2) is 24.3 Å². The molecule has 0 unspecified atom stereocenters. The standard InChI is InChI=1S/C19H23ClN2O3.CH2O2/c1-3-7-19(18(24)25)11-22(8-6-16(19)23)17-9-12(2)14-10-13(20)4-5-15(14)21-17;2-1-3/h4-5,9-10,16,23H,3,6-8,11H2,1-2H3,(H,24,25);1H,(H,2,3)/t16-,19+;/m1./s1. The van der Waals surface area contributed by atoms with Crippen molar-refractivity contribution in [1.29, 1.82) is 0 Å². The molecule has 0 saturated carbocycles. The predicted molar refractivity (Wildman–Crippen MR) is 108 cm³/mol. The number of rotatable bonds is 4. The molecule has 2 aromatic rings. The third-order valence-electron chi connectivity index (χ3n) is 5.19. The summed E-state index contributed by atoms with van der Waals surface area (Å²) in [7, 11) is 0. The summed E-state index contributed by atoms with van der Waals surface area (Å²) in [5, 5.41) is 28.7. The molecule has 0 spiro atoms. The summed E-state index contributed by atoms with van der Waals surface area (Å²) in [6.45, 7) is 4.55. The zero-order valence-corrected chi connectivity index (χ0v) is 16.7. The minimum Gasteiger partial charge on any atom is -0.483 e. The first-order chi connectivity index (χ1) is 13.3. The molecule has 2 atom stereocenters. The van der Waals surface area contributed by atoms with Crippen molar-refractivity contribution in [2.75, 3.05) is 18.0 Å². The number of carbonyl (C=O) groups is 2. The molecule has 1 saturated heterocycles. The molecule has 28 heavy (non-hydrogen) atoms. The number of hydrogen-bond acceptors (Lipinski definition) is 5. The SMILES string of the molecule is CCC[C@]1(C(=O)O)CN(c2cc(C)c3cc(Cl)ccc3n2)CC[C@H]1O.O=CO. The number of aliphatic hydroxyl groups is 1. The van der Waals surface area contributed by atoms with E-state index >= 15 is 0 Å². The maximum absolute atomic E-state index is 11.9. The Balaban J connectivity index is 0.000000878. The number of halogens is 1. The van der Waals surface area contributed by atoms with Gasteiger partial charge >= 0.3 is 5.97 Å². The third kappa shape index (κ3) is 4.36. The third-order valence-corrected chi connectivity index (χ3v) is 5.43. The van der Waals surface area contributed by atoms with Gasteiger partial charge in [-0.25, -0.2) is 4.98 Å². The Morgan fingerprint density at radius 3 is 2.71 bits per heavy atom. The Morgan fingerprint density at radius 1 is 1.43 bits per heavy atom. The van der Waals surface area contributed by atoms with E-state index in [4.69, 9.17) is 26.5 Å². The summed E-state index contributed by atoms with van der Waals surface area (Å²) in [5.41, 5.74) is 0.740. The number of benzene rings is 1. The second-order valence-electron chi connectivity index (χ2n) is 7.00. The maximum Gasteiger partial charge on any atom is 0.314 e. The molecular weight excluding hydrogens is 384 g/mol. The van der Waals surface area contributed by atoms with E-state index in [9.17, 15) is 15.0 Å². The fourth-order valence-electron chi connectivity index (χ4n) is 3.79. The average molecular weight is 409 g/mol. The van der Waals surface area contributed by atoms with Gasteiger partial charge in [0.05, 0.1) is 11.6 Å². The Kier molecular flexibility index (Phi) is 7.21. The molecule has 0 radical (unpaired) electrons. The molecule has 8 heteroatoms. The maximum atomic E-state index is 11.9. The van der Waals surface area contributed by atoms with E-state index in [0.717, 1.165) is 22.3 Å². The lowest BCUT2D eigenvalue weighted by Gasteiger charge is -2.44. The molecule has 0 amide bonds. The number of piperidine rings is 1. The van der Waals surface area contributed by atoms with Crippen LogP contribution in [-0.4, -0.2) is 51.9 Å². The average Bonchev–Trinajstić information content (AvgIpc) is 2.64. The van der Waals surface area contributed by atoms with Gasteiger partial charge in [0.15, 0.2) is 0 Å². The molecule has 3 N–H and O–H groups in total. The molecule has 2 heterocycles. The molecule has 7 nitrogen and oxygen atoms in total. The van der Waals surface area contributed by atoms with E-state index in [0.29, 0.717) is 30.8 Å². The zero-order valence-electron chi connectivity index (χ0n) is 15.9. The zero-order chi connectivity index (χ0) is 20.9. The molecule has 1 aliphatic rings. The van der Waals surface area contributed by atoms with Crippen molar-refractivity contribution in [1.82, 2.24) is 4.98 Å². The van der Waals surface area contributed by atoms with Gasteiger partial charge in [-0.1, -0.05) is 24.9 Å². The van der Waals surface area contributed by atoms with Gasteiger partial charge in [-0.15, -0.1) is 0 Å². The lowest BCUT2D eigenvalue weighted by atomic mass is 9.74. The Labute approximate surface area is 168 Å². The summed E-state index contributed by atoms with van der Waals surface area (Å²) >= 11 is 6.07. The number of anilines is 1. The number of fused-ring (bicyclic) bond motifs is 1. The molecule has 3 rings (SSSR count). The van der Waals surface area contributed by atoms with E-state index in [1.807, 2.05) is 36.9 Å². The van der Waals surface area contributed by atoms with Crippen LogP contribution in [0.5, 0.6) is 0 Å². The van der Waals surface area contributed by atoms with Crippen LogP contribution in [0.2, 0.25) is 5.02 Å². The van der Waals surface area contributed by atoms with Crippen molar-refractivity contribution < 1.29 is 24.9 Å². The van der Waals surface area contributed by atoms with Crippen LogP contribution in [0.4, 0.5) is 5.82 Å². The van der Waals surface area contributed by atoms with Gasteiger partial charge in [-0.05, 0) is 49.6 Å². The molecule has 1 aliphatic heterocycles. The first-order valence-electron chi connectivity index (χ1n) is 9.10. The van der Waals surface area contributed by atoms with E-state index in [2.05, 4.69) is 0 Å². The van der Waals surface area contributed by atoms with Crippen LogP contribution >= 0.6 is 11.6 Å². The van der Waals surface area contributed by atoms with Gasteiger partial charge < -0.3 is 20.2 Å². The normalized spacial score (nSPS) is 21.7. The molecule has 1 aromatic carbocycles. The summed E-state index contributed by atoms with van der Waals surface area (Å²) in [5.74, 6) is -0.184. The lowest BCUT2D eigenvalue weighted by Crippen LogP contribution is -2.56. The molecule has 1 aromatic heterocycles. The number of aliphatic carboxylic acids is 1. The van der Waals surface area contributed by atoms with E-state index in [-0.39, 0.29) is 13.0 Å². The topological polar surface area (TPSA) is 111 Å². The van der Waals surface area contributed by atoms with Crippen molar-refractivity contribution in [3.8, 4) is 0 Å². The van der Waals surface area contributed by atoms with Crippen LogP contribution in [0.3, 0.4) is 0 Å². The number of carboxylic acid groups (broad SMARTS) is 2. The second kappa shape index (κ2) is 9.21. The number of aromatic nitrogens is 1. The highest BCUT2D eigenvalue weighted by atomic mass is 35.5. The van der Waals surface area contributed by atoms with E-state index in [1.54, 1.807) is 6.07 Å². The molecule has 152 valence electrons. The summed E-state index contributed by atoms with van der Waals surface area (Å²) < 4.78 is 0. The summed E-state index contributed by atoms with van der Waals surface area (Å²) in [6.07, 6.45) is 0.745. The predicted octanol–water partition coefficient (Wildman–Crippen LogP) is 3.34. The monoisotopic (exact) mass is 408 g/mol. The van der Waals surface area contributed by atoms with Gasteiger partial charge in [0.2, 0.25) is 0 Å². The molecule has 1 fully saturated rings. The minimum atomic E-state index is -1.14. The van der Waals surface area contributed by atoms with Crippen molar-refractivity contribution in [3.05, 3.63) is 34.9 Å². The summed E-state index contributed by atoms with van der Waals surface area (Å²) in [6, 6.07) is 7.54. The van der Waals surface area contributed by atoms with Gasteiger partial charge in [-0.2, -0.15) is 0 Å². The fourth-order valence-corrected chi connectivity index (χ4v) is 3.97. The fraction of sp³-hybridized carbons (Fsp3) is 0.450. The van der Waals surface area contributed by atoms with Gasteiger partial charge in [0, 0.05) is 23.5 Å². The largest absolute Gasteiger partial charge is 0.483 e. The Hall–Kier alpha value is -2.38.